The third-order valence-electron chi connectivity index (χ3n) is 3.22. The van der Waals surface area contributed by atoms with Crippen LogP contribution in [0.5, 0.6) is 11.5 Å². The highest BCUT2D eigenvalue weighted by Crippen LogP contribution is 2.26. The molecule has 100 valence electrons. The van der Waals surface area contributed by atoms with Crippen molar-refractivity contribution in [2.75, 3.05) is 0 Å². The van der Waals surface area contributed by atoms with Crippen LogP contribution in [0.25, 0.3) is 0 Å². The second-order valence-corrected chi connectivity index (χ2v) is 5.25. The molecule has 0 amide bonds. The van der Waals surface area contributed by atoms with Crippen LogP contribution < -0.4 is 4.74 Å². The highest BCUT2D eigenvalue weighted by molar-refractivity contribution is 6.30. The van der Waals surface area contributed by atoms with Crippen LogP contribution in [-0.2, 0) is 0 Å². The average Bonchev–Trinajstić information content (AvgIpc) is 2.42. The molecule has 0 aromatic heterocycles. The van der Waals surface area contributed by atoms with E-state index < -0.39 is 0 Å². The average molecular weight is 275 g/mol. The quantitative estimate of drug-likeness (QED) is 0.646. The van der Waals surface area contributed by atoms with Gasteiger partial charge in [-0.05, 0) is 54.3 Å². The molecule has 0 heterocycles. The van der Waals surface area contributed by atoms with Crippen molar-refractivity contribution in [1.29, 1.82) is 0 Å². The van der Waals surface area contributed by atoms with Crippen molar-refractivity contribution >= 4 is 11.6 Å². The largest absolute Gasteiger partial charge is 0.457 e. The molecule has 0 saturated carbocycles. The summed E-state index contributed by atoms with van der Waals surface area (Å²) >= 11 is 5.84. The van der Waals surface area contributed by atoms with Gasteiger partial charge in [-0.15, -0.1) is 0 Å². The lowest BCUT2D eigenvalue weighted by molar-refractivity contribution is 0.482. The molecular weight excluding hydrogens is 256 g/mol. The minimum atomic E-state index is 0.606. The van der Waals surface area contributed by atoms with E-state index in [9.17, 15) is 0 Å². The van der Waals surface area contributed by atoms with E-state index in [4.69, 9.17) is 16.3 Å². The summed E-state index contributed by atoms with van der Waals surface area (Å²) in [7, 11) is 0. The van der Waals surface area contributed by atoms with E-state index in [-0.39, 0.29) is 0 Å². The van der Waals surface area contributed by atoms with Crippen molar-refractivity contribution < 1.29 is 4.74 Å². The first-order valence-electron chi connectivity index (χ1n) is 6.72. The van der Waals surface area contributed by atoms with Crippen LogP contribution in [0.15, 0.2) is 48.5 Å². The number of hydrogen-bond acceptors (Lipinski definition) is 1. The molecule has 0 saturated heterocycles. The van der Waals surface area contributed by atoms with E-state index in [0.29, 0.717) is 5.92 Å². The van der Waals surface area contributed by atoms with Crippen LogP contribution in [0.3, 0.4) is 0 Å². The fourth-order valence-electron chi connectivity index (χ4n) is 2.10. The van der Waals surface area contributed by atoms with Crippen molar-refractivity contribution in [3.8, 4) is 11.5 Å². The Bertz CT molecular complexity index is 502. The molecule has 1 atom stereocenters. The van der Waals surface area contributed by atoms with Gasteiger partial charge in [-0.1, -0.05) is 44.0 Å². The van der Waals surface area contributed by atoms with Gasteiger partial charge in [0.25, 0.3) is 0 Å². The van der Waals surface area contributed by atoms with E-state index in [2.05, 4.69) is 26.0 Å². The molecule has 2 aromatic rings. The van der Waals surface area contributed by atoms with Gasteiger partial charge in [0.2, 0.25) is 0 Å². The van der Waals surface area contributed by atoms with Crippen LogP contribution in [0.1, 0.15) is 38.2 Å². The molecule has 2 heteroatoms. The Kier molecular flexibility index (Phi) is 4.86. The SMILES string of the molecule is CCCC(C)c1ccc(Oc2ccc(Cl)cc2)cc1. The number of hydrogen-bond donors (Lipinski definition) is 0. The van der Waals surface area contributed by atoms with Crippen molar-refractivity contribution in [2.24, 2.45) is 0 Å². The molecule has 0 aliphatic rings. The van der Waals surface area contributed by atoms with Crippen LogP contribution in [0.4, 0.5) is 0 Å². The topological polar surface area (TPSA) is 9.23 Å². The first-order chi connectivity index (χ1) is 9.19. The maximum Gasteiger partial charge on any atom is 0.127 e. The summed E-state index contributed by atoms with van der Waals surface area (Å²) in [5.74, 6) is 2.27. The van der Waals surface area contributed by atoms with Gasteiger partial charge in [0.1, 0.15) is 11.5 Å². The van der Waals surface area contributed by atoms with Crippen LogP contribution in [0, 0.1) is 0 Å². The van der Waals surface area contributed by atoms with E-state index in [1.165, 1.54) is 18.4 Å². The minimum Gasteiger partial charge on any atom is -0.457 e. The zero-order chi connectivity index (χ0) is 13.7. The Balaban J connectivity index is 2.04. The Morgan fingerprint density at radius 1 is 0.947 bits per heavy atom. The van der Waals surface area contributed by atoms with Crippen LogP contribution >= 0.6 is 11.6 Å². The molecule has 2 rings (SSSR count). The lowest BCUT2D eigenvalue weighted by Gasteiger charge is -2.11. The summed E-state index contributed by atoms with van der Waals surface area (Å²) in [6.45, 7) is 4.48. The molecule has 1 nitrogen and oxygen atoms in total. The van der Waals surface area contributed by atoms with Gasteiger partial charge >= 0.3 is 0 Å². The third kappa shape index (κ3) is 4.00. The van der Waals surface area contributed by atoms with Crippen LogP contribution in [0.2, 0.25) is 5.02 Å². The highest BCUT2D eigenvalue weighted by atomic mass is 35.5. The maximum absolute atomic E-state index is 5.84. The van der Waals surface area contributed by atoms with Crippen molar-refractivity contribution in [3.63, 3.8) is 0 Å². The molecule has 0 aliphatic carbocycles. The molecule has 2 aromatic carbocycles. The van der Waals surface area contributed by atoms with Gasteiger partial charge in [0, 0.05) is 5.02 Å². The Labute approximate surface area is 120 Å². The maximum atomic E-state index is 5.84. The normalized spacial score (nSPS) is 12.2. The summed E-state index contributed by atoms with van der Waals surface area (Å²) in [4.78, 5) is 0. The van der Waals surface area contributed by atoms with Crippen molar-refractivity contribution in [3.05, 3.63) is 59.1 Å². The molecule has 0 bridgehead atoms. The van der Waals surface area contributed by atoms with E-state index in [1.807, 2.05) is 36.4 Å². The molecule has 0 fully saturated rings. The van der Waals surface area contributed by atoms with Gasteiger partial charge in [-0.25, -0.2) is 0 Å². The lowest BCUT2D eigenvalue weighted by atomic mass is 9.97. The fourth-order valence-corrected chi connectivity index (χ4v) is 2.23. The van der Waals surface area contributed by atoms with Gasteiger partial charge in [-0.3, -0.25) is 0 Å². The predicted octanol–water partition coefficient (Wildman–Crippen LogP) is 6.04. The number of ether oxygens (including phenoxy) is 1. The second kappa shape index (κ2) is 6.63. The number of rotatable bonds is 5. The summed E-state index contributed by atoms with van der Waals surface area (Å²) < 4.78 is 5.77. The summed E-state index contributed by atoms with van der Waals surface area (Å²) in [6, 6.07) is 15.7. The zero-order valence-electron chi connectivity index (χ0n) is 11.4. The van der Waals surface area contributed by atoms with Gasteiger partial charge < -0.3 is 4.74 Å². The zero-order valence-corrected chi connectivity index (χ0v) is 12.2. The summed E-state index contributed by atoms with van der Waals surface area (Å²) in [6.07, 6.45) is 2.43. The monoisotopic (exact) mass is 274 g/mol. The number of benzene rings is 2. The predicted molar refractivity (Wildman–Crippen MR) is 81.3 cm³/mol. The lowest BCUT2D eigenvalue weighted by Crippen LogP contribution is -1.92. The van der Waals surface area contributed by atoms with Crippen molar-refractivity contribution in [2.45, 2.75) is 32.6 Å². The minimum absolute atomic E-state index is 0.606. The third-order valence-corrected chi connectivity index (χ3v) is 3.47. The van der Waals surface area contributed by atoms with E-state index in [1.54, 1.807) is 0 Å². The molecule has 19 heavy (non-hydrogen) atoms. The van der Waals surface area contributed by atoms with Gasteiger partial charge in [0.15, 0.2) is 0 Å². The molecule has 0 N–H and O–H groups in total. The van der Waals surface area contributed by atoms with Gasteiger partial charge in [-0.2, -0.15) is 0 Å². The fraction of sp³-hybridized carbons (Fsp3) is 0.294. The second-order valence-electron chi connectivity index (χ2n) is 4.81. The smallest absolute Gasteiger partial charge is 0.127 e. The van der Waals surface area contributed by atoms with E-state index >= 15 is 0 Å². The Hall–Kier alpha value is -1.47. The summed E-state index contributed by atoms with van der Waals surface area (Å²) in [5.41, 5.74) is 1.37. The number of halogens is 1. The van der Waals surface area contributed by atoms with Crippen molar-refractivity contribution in [1.82, 2.24) is 0 Å². The first kappa shape index (κ1) is 14.0. The van der Waals surface area contributed by atoms with Gasteiger partial charge in [0.05, 0.1) is 0 Å². The Morgan fingerprint density at radius 3 is 2.00 bits per heavy atom. The molecule has 0 radical (unpaired) electrons. The van der Waals surface area contributed by atoms with E-state index in [0.717, 1.165) is 16.5 Å². The molecule has 1 unspecified atom stereocenters. The molecule has 0 spiro atoms. The summed E-state index contributed by atoms with van der Waals surface area (Å²) in [5, 5.41) is 0.719. The standard InChI is InChI=1S/C17H19ClO/c1-3-4-13(2)14-5-9-16(10-6-14)19-17-11-7-15(18)8-12-17/h5-13H,3-4H2,1-2H3. The molecule has 0 aliphatic heterocycles. The first-order valence-corrected chi connectivity index (χ1v) is 7.10. The van der Waals surface area contributed by atoms with Crippen LogP contribution in [-0.4, -0.2) is 0 Å². The Morgan fingerprint density at radius 2 is 1.47 bits per heavy atom. The highest BCUT2D eigenvalue weighted by Gasteiger charge is 2.04. The molecular formula is C17H19ClO.